The Hall–Kier alpha value is -4.50. The van der Waals surface area contributed by atoms with E-state index in [1.54, 1.807) is 24.4 Å². The van der Waals surface area contributed by atoms with Crippen molar-refractivity contribution >= 4 is 34.9 Å². The van der Waals surface area contributed by atoms with Gasteiger partial charge in [-0.05, 0) is 66.8 Å². The molecule has 36 heavy (non-hydrogen) atoms. The standard InChI is InChI=1S/C27H23N5O3S/c33-23(29-19-9-2-1-3-10-19)17-32-25(24(30-27(32)36)21-12-4-5-14-28-21)22-13-7-15-31(22)20-11-6-8-18(16-20)26(34)35/h1-16,24-25H,17H2,(H,29,33)(H,30,36)(H,34,35)/t24-,25-/m1/s1. The number of carbonyl (C=O) groups excluding carboxylic acids is 1. The van der Waals surface area contributed by atoms with Crippen LogP contribution in [0, 0.1) is 0 Å². The van der Waals surface area contributed by atoms with Crippen molar-refractivity contribution in [2.75, 3.05) is 11.9 Å². The van der Waals surface area contributed by atoms with Crippen LogP contribution in [-0.4, -0.2) is 43.1 Å². The van der Waals surface area contributed by atoms with Crippen molar-refractivity contribution in [2.24, 2.45) is 0 Å². The average Bonchev–Trinajstić information content (AvgIpc) is 3.50. The largest absolute Gasteiger partial charge is 0.478 e. The molecule has 2 aromatic carbocycles. The molecule has 0 spiro atoms. The van der Waals surface area contributed by atoms with E-state index in [0.717, 1.165) is 11.4 Å². The molecule has 1 aliphatic heterocycles. The van der Waals surface area contributed by atoms with Crippen molar-refractivity contribution in [1.82, 2.24) is 19.8 Å². The van der Waals surface area contributed by atoms with Crippen molar-refractivity contribution in [3.8, 4) is 5.69 Å². The highest BCUT2D eigenvalue weighted by Gasteiger charge is 2.42. The molecule has 0 saturated carbocycles. The molecule has 5 rings (SSSR count). The van der Waals surface area contributed by atoms with E-state index in [0.29, 0.717) is 16.5 Å². The van der Waals surface area contributed by atoms with Crippen LogP contribution in [0.4, 0.5) is 5.69 Å². The molecule has 0 radical (unpaired) electrons. The van der Waals surface area contributed by atoms with Crippen LogP contribution in [0.2, 0.25) is 0 Å². The number of benzene rings is 2. The summed E-state index contributed by atoms with van der Waals surface area (Å²) in [5.41, 5.74) is 3.21. The fraction of sp³-hybridized carbons (Fsp3) is 0.111. The summed E-state index contributed by atoms with van der Waals surface area (Å²) in [7, 11) is 0. The van der Waals surface area contributed by atoms with Gasteiger partial charge >= 0.3 is 5.97 Å². The molecule has 1 aliphatic rings. The number of nitrogens with one attached hydrogen (secondary N) is 2. The Morgan fingerprint density at radius 2 is 1.81 bits per heavy atom. The van der Waals surface area contributed by atoms with Gasteiger partial charge in [0.1, 0.15) is 6.54 Å². The van der Waals surface area contributed by atoms with E-state index < -0.39 is 5.97 Å². The summed E-state index contributed by atoms with van der Waals surface area (Å²) in [4.78, 5) is 31.0. The third-order valence-electron chi connectivity index (χ3n) is 6.02. The number of amides is 1. The molecule has 3 N–H and O–H groups in total. The number of pyridine rings is 1. The zero-order valence-electron chi connectivity index (χ0n) is 19.1. The molecule has 2 atom stereocenters. The molecule has 8 nitrogen and oxygen atoms in total. The first-order chi connectivity index (χ1) is 17.5. The first-order valence-electron chi connectivity index (χ1n) is 11.4. The van der Waals surface area contributed by atoms with Crippen LogP contribution < -0.4 is 10.6 Å². The highest BCUT2D eigenvalue weighted by molar-refractivity contribution is 7.80. The van der Waals surface area contributed by atoms with E-state index in [9.17, 15) is 14.7 Å². The Bertz CT molecular complexity index is 1410. The van der Waals surface area contributed by atoms with Gasteiger partial charge in [0.25, 0.3) is 0 Å². The first-order valence-corrected chi connectivity index (χ1v) is 11.8. The lowest BCUT2D eigenvalue weighted by Gasteiger charge is -2.28. The topological polar surface area (TPSA) is 99.5 Å². The summed E-state index contributed by atoms with van der Waals surface area (Å²) >= 11 is 5.69. The van der Waals surface area contributed by atoms with E-state index in [4.69, 9.17) is 12.2 Å². The predicted molar refractivity (Wildman–Crippen MR) is 140 cm³/mol. The van der Waals surface area contributed by atoms with Gasteiger partial charge in [-0.3, -0.25) is 9.78 Å². The van der Waals surface area contributed by atoms with Gasteiger partial charge in [0.15, 0.2) is 5.11 Å². The normalized spacial score (nSPS) is 17.0. The van der Waals surface area contributed by atoms with E-state index in [-0.39, 0.29) is 30.1 Å². The van der Waals surface area contributed by atoms with E-state index >= 15 is 0 Å². The fourth-order valence-corrected chi connectivity index (χ4v) is 4.74. The summed E-state index contributed by atoms with van der Waals surface area (Å²) in [6.45, 7) is 0.0229. The second kappa shape index (κ2) is 10.0. The summed E-state index contributed by atoms with van der Waals surface area (Å²) in [6, 6.07) is 24.8. The number of para-hydroxylation sites is 1. The third kappa shape index (κ3) is 4.69. The van der Waals surface area contributed by atoms with Gasteiger partial charge in [-0.25, -0.2) is 4.79 Å². The van der Waals surface area contributed by atoms with Crippen LogP contribution in [0.5, 0.6) is 0 Å². The summed E-state index contributed by atoms with van der Waals surface area (Å²) in [5.74, 6) is -1.21. The van der Waals surface area contributed by atoms with E-state index in [1.165, 1.54) is 0 Å². The van der Waals surface area contributed by atoms with Gasteiger partial charge in [0.2, 0.25) is 5.91 Å². The Morgan fingerprint density at radius 3 is 2.56 bits per heavy atom. The number of hydrogen-bond donors (Lipinski definition) is 3. The maximum atomic E-state index is 13.0. The highest BCUT2D eigenvalue weighted by atomic mass is 32.1. The first kappa shape index (κ1) is 23.3. The maximum absolute atomic E-state index is 13.0. The molecule has 9 heteroatoms. The number of carboxylic acid groups (broad SMARTS) is 1. The van der Waals surface area contributed by atoms with Gasteiger partial charge in [0, 0.05) is 29.5 Å². The zero-order chi connectivity index (χ0) is 25.1. The molecule has 1 fully saturated rings. The number of nitrogens with zero attached hydrogens (tertiary/aromatic N) is 3. The van der Waals surface area contributed by atoms with Crippen molar-refractivity contribution in [2.45, 2.75) is 12.1 Å². The number of carbonyl (C=O) groups is 2. The number of aromatic nitrogens is 2. The van der Waals surface area contributed by atoms with Gasteiger partial charge in [0.05, 0.1) is 23.3 Å². The van der Waals surface area contributed by atoms with Crippen molar-refractivity contribution < 1.29 is 14.7 Å². The number of hydrogen-bond acceptors (Lipinski definition) is 4. The third-order valence-corrected chi connectivity index (χ3v) is 6.38. The van der Waals surface area contributed by atoms with Crippen LogP contribution in [0.15, 0.2) is 97.3 Å². The SMILES string of the molecule is O=C(CN1C(=S)N[C@H](c2ccccn2)[C@H]1c1cccn1-c1cccc(C(=O)O)c1)Nc1ccccc1. The second-order valence-electron chi connectivity index (χ2n) is 8.33. The lowest BCUT2D eigenvalue weighted by molar-refractivity contribution is -0.116. The van der Waals surface area contributed by atoms with Crippen molar-refractivity contribution in [1.29, 1.82) is 0 Å². The number of carboxylic acids is 1. The molecular formula is C27H23N5O3S. The second-order valence-corrected chi connectivity index (χ2v) is 8.71. The van der Waals surface area contributed by atoms with Crippen molar-refractivity contribution in [3.05, 3.63) is 114 Å². The fourth-order valence-electron chi connectivity index (χ4n) is 4.43. The maximum Gasteiger partial charge on any atom is 0.335 e. The summed E-state index contributed by atoms with van der Waals surface area (Å²) < 4.78 is 1.92. The van der Waals surface area contributed by atoms with Crippen LogP contribution in [0.3, 0.4) is 0 Å². The van der Waals surface area contributed by atoms with Gasteiger partial charge in [-0.1, -0.05) is 30.3 Å². The van der Waals surface area contributed by atoms with Crippen molar-refractivity contribution in [3.63, 3.8) is 0 Å². The molecule has 1 saturated heterocycles. The van der Waals surface area contributed by atoms with Gasteiger partial charge in [-0.15, -0.1) is 0 Å². The molecule has 2 aromatic heterocycles. The number of thiocarbonyl (C=S) groups is 1. The predicted octanol–water partition coefficient (Wildman–Crippen LogP) is 4.18. The van der Waals surface area contributed by atoms with Crippen LogP contribution in [-0.2, 0) is 4.79 Å². The Kier molecular flexibility index (Phi) is 6.46. The molecular weight excluding hydrogens is 474 g/mol. The van der Waals surface area contributed by atoms with Crippen LogP contribution >= 0.6 is 12.2 Å². The Labute approximate surface area is 213 Å². The van der Waals surface area contributed by atoms with Gasteiger partial charge in [-0.2, -0.15) is 0 Å². The van der Waals surface area contributed by atoms with Crippen LogP contribution in [0.25, 0.3) is 5.69 Å². The average molecular weight is 498 g/mol. The minimum absolute atomic E-state index is 0.0229. The monoisotopic (exact) mass is 497 g/mol. The van der Waals surface area contributed by atoms with E-state index in [1.807, 2.05) is 82.4 Å². The van der Waals surface area contributed by atoms with Gasteiger partial charge < -0.3 is 25.2 Å². The lowest BCUT2D eigenvalue weighted by Crippen LogP contribution is -2.37. The Balaban J connectivity index is 1.53. The lowest BCUT2D eigenvalue weighted by atomic mass is 10.0. The quantitative estimate of drug-likeness (QED) is 0.330. The number of anilines is 1. The molecule has 3 heterocycles. The molecule has 180 valence electrons. The molecule has 4 aromatic rings. The Morgan fingerprint density at radius 1 is 1.00 bits per heavy atom. The summed E-state index contributed by atoms with van der Waals surface area (Å²) in [6.07, 6.45) is 3.59. The highest BCUT2D eigenvalue weighted by Crippen LogP contribution is 2.39. The molecule has 1 amide bonds. The number of rotatable bonds is 7. The summed E-state index contributed by atoms with van der Waals surface area (Å²) in [5, 5.41) is 16.2. The minimum Gasteiger partial charge on any atom is -0.478 e. The van der Waals surface area contributed by atoms with Crippen LogP contribution in [0.1, 0.15) is 33.8 Å². The zero-order valence-corrected chi connectivity index (χ0v) is 19.9. The van der Waals surface area contributed by atoms with E-state index in [2.05, 4.69) is 15.6 Å². The smallest absolute Gasteiger partial charge is 0.335 e. The minimum atomic E-state index is -1.00. The molecule has 0 bridgehead atoms. The number of aromatic carboxylic acids is 1. The molecule has 0 unspecified atom stereocenters. The molecule has 0 aliphatic carbocycles.